The molecule has 0 aromatic carbocycles. The summed E-state index contributed by atoms with van der Waals surface area (Å²) in [5.41, 5.74) is 3.87. The molecule has 2 saturated carbocycles. The zero-order chi connectivity index (χ0) is 8.74. The topological polar surface area (TPSA) is 0 Å². The Balaban J connectivity index is 1.78. The van der Waals surface area contributed by atoms with Crippen molar-refractivity contribution in [3.8, 4) is 0 Å². The minimum Gasteiger partial charge on any atom is -0.0664 e. The van der Waals surface area contributed by atoms with Crippen molar-refractivity contribution in [1.29, 1.82) is 0 Å². The maximum atomic E-state index is 2.52. The third-order valence-electron chi connectivity index (χ3n) is 5.49. The van der Waals surface area contributed by atoms with Crippen LogP contribution < -0.4 is 0 Å². The summed E-state index contributed by atoms with van der Waals surface area (Å²) >= 11 is 0. The highest BCUT2D eigenvalue weighted by atomic mass is 14.7. The minimum atomic E-state index is 0.955. The fourth-order valence-corrected chi connectivity index (χ4v) is 4.86. The van der Waals surface area contributed by atoms with Crippen LogP contribution in [0.5, 0.6) is 0 Å². The molecule has 0 aromatic heterocycles. The van der Waals surface area contributed by atoms with E-state index in [1.807, 2.05) is 11.1 Å². The molecule has 0 heterocycles. The van der Waals surface area contributed by atoms with Crippen molar-refractivity contribution >= 4 is 0 Å². The van der Waals surface area contributed by atoms with Crippen molar-refractivity contribution in [2.24, 2.45) is 35.5 Å². The van der Waals surface area contributed by atoms with E-state index in [0.29, 0.717) is 0 Å². The molecule has 0 nitrogen and oxygen atoms in total. The number of allylic oxidation sites excluding steroid dienone is 2. The van der Waals surface area contributed by atoms with E-state index in [9.17, 15) is 0 Å². The largest absolute Gasteiger partial charge is 0.0664 e. The summed E-state index contributed by atoms with van der Waals surface area (Å²) in [6, 6.07) is 0. The van der Waals surface area contributed by atoms with Gasteiger partial charge >= 0.3 is 0 Å². The third-order valence-corrected chi connectivity index (χ3v) is 5.49. The highest BCUT2D eigenvalue weighted by Gasteiger charge is 2.65. The van der Waals surface area contributed by atoms with E-state index < -0.39 is 0 Å². The highest BCUT2D eigenvalue weighted by Crippen LogP contribution is 2.73. The van der Waals surface area contributed by atoms with E-state index in [1.165, 1.54) is 12.8 Å². The summed E-state index contributed by atoms with van der Waals surface area (Å²) in [6.07, 6.45) is 4.52. The van der Waals surface area contributed by atoms with E-state index in [0.717, 1.165) is 35.5 Å². The van der Waals surface area contributed by atoms with Gasteiger partial charge in [-0.1, -0.05) is 25.0 Å². The van der Waals surface area contributed by atoms with Crippen LogP contribution in [0, 0.1) is 35.5 Å². The lowest BCUT2D eigenvalue weighted by Gasteiger charge is -2.40. The van der Waals surface area contributed by atoms with Gasteiger partial charge in [0.25, 0.3) is 0 Å². The van der Waals surface area contributed by atoms with Gasteiger partial charge in [0.15, 0.2) is 0 Å². The molecule has 0 radical (unpaired) electrons. The molecule has 70 valence electrons. The van der Waals surface area contributed by atoms with Gasteiger partial charge in [0.1, 0.15) is 0 Å². The van der Waals surface area contributed by atoms with Crippen LogP contribution in [0.15, 0.2) is 11.1 Å². The fourth-order valence-electron chi connectivity index (χ4n) is 4.86. The highest BCUT2D eigenvalue weighted by molar-refractivity contribution is 5.43. The molecule has 0 amide bonds. The van der Waals surface area contributed by atoms with Crippen LogP contribution in [-0.2, 0) is 0 Å². The quantitative estimate of drug-likeness (QED) is 0.494. The summed E-state index contributed by atoms with van der Waals surface area (Å²) in [4.78, 5) is 0. The lowest BCUT2D eigenvalue weighted by atomic mass is 9.64. The van der Waals surface area contributed by atoms with Gasteiger partial charge in [0, 0.05) is 0 Å². The number of hydrogen-bond donors (Lipinski definition) is 0. The molecular weight excluding hydrogens is 156 g/mol. The van der Waals surface area contributed by atoms with Crippen LogP contribution in [0.2, 0.25) is 0 Å². The Morgan fingerprint density at radius 3 is 2.77 bits per heavy atom. The van der Waals surface area contributed by atoms with Crippen molar-refractivity contribution in [3.63, 3.8) is 0 Å². The lowest BCUT2D eigenvalue weighted by molar-refractivity contribution is 0.288. The zero-order valence-corrected chi connectivity index (χ0v) is 8.59. The van der Waals surface area contributed by atoms with Crippen LogP contribution in [0.1, 0.15) is 33.1 Å². The predicted molar refractivity (Wildman–Crippen MR) is 53.2 cm³/mol. The van der Waals surface area contributed by atoms with Gasteiger partial charge in [-0.05, 0) is 54.8 Å². The first kappa shape index (κ1) is 7.09. The maximum Gasteiger partial charge on any atom is -0.0101 e. The molecule has 0 aromatic rings. The molecule has 0 aliphatic heterocycles. The Hall–Kier alpha value is -0.260. The summed E-state index contributed by atoms with van der Waals surface area (Å²) in [5.74, 6) is 6.47. The first-order chi connectivity index (χ1) is 6.29. The van der Waals surface area contributed by atoms with Crippen molar-refractivity contribution in [3.05, 3.63) is 11.1 Å². The van der Waals surface area contributed by atoms with Crippen molar-refractivity contribution in [2.45, 2.75) is 33.1 Å². The molecule has 6 atom stereocenters. The van der Waals surface area contributed by atoms with Crippen LogP contribution in [-0.4, -0.2) is 0 Å². The molecule has 0 heteroatoms. The lowest BCUT2D eigenvalue weighted by Crippen LogP contribution is -2.32. The second-order valence-electron chi connectivity index (χ2n) is 5.89. The number of fused-ring (bicyclic) bond motifs is 5. The Bertz CT molecular complexity index is 312. The summed E-state index contributed by atoms with van der Waals surface area (Å²) < 4.78 is 0. The monoisotopic (exact) mass is 174 g/mol. The Labute approximate surface area is 80.4 Å². The zero-order valence-electron chi connectivity index (χ0n) is 8.59. The average Bonchev–Trinajstić information content (AvgIpc) is 2.69. The van der Waals surface area contributed by atoms with Crippen LogP contribution in [0.3, 0.4) is 0 Å². The van der Waals surface area contributed by atoms with E-state index in [-0.39, 0.29) is 0 Å². The third kappa shape index (κ3) is 0.610. The smallest absolute Gasteiger partial charge is 0.0101 e. The van der Waals surface area contributed by atoms with Crippen molar-refractivity contribution < 1.29 is 0 Å². The molecule has 4 aliphatic carbocycles. The van der Waals surface area contributed by atoms with Gasteiger partial charge in [-0.15, -0.1) is 0 Å². The van der Waals surface area contributed by atoms with Gasteiger partial charge in [-0.2, -0.15) is 0 Å². The fraction of sp³-hybridized carbons (Fsp3) is 0.846. The summed E-state index contributed by atoms with van der Waals surface area (Å²) in [5, 5.41) is 0. The van der Waals surface area contributed by atoms with Gasteiger partial charge in [-0.3, -0.25) is 0 Å². The van der Waals surface area contributed by atoms with Gasteiger partial charge < -0.3 is 0 Å². The molecule has 4 aliphatic rings. The second-order valence-corrected chi connectivity index (χ2v) is 5.89. The molecule has 13 heavy (non-hydrogen) atoms. The van der Waals surface area contributed by atoms with Crippen LogP contribution in [0.4, 0.5) is 0 Å². The van der Waals surface area contributed by atoms with Gasteiger partial charge in [0.2, 0.25) is 0 Å². The van der Waals surface area contributed by atoms with Gasteiger partial charge in [0.05, 0.1) is 0 Å². The standard InChI is InChI=1S/C13H18/c1-6-3-4-8-11(6)12-7(2)9-5-10(9)13(8)12/h6-7,9-10,12-13H,3-5H2,1-2H3. The summed E-state index contributed by atoms with van der Waals surface area (Å²) in [6.45, 7) is 4.97. The van der Waals surface area contributed by atoms with Crippen LogP contribution >= 0.6 is 0 Å². The number of hydrogen-bond acceptors (Lipinski definition) is 0. The molecule has 2 fully saturated rings. The molecule has 4 rings (SSSR count). The molecule has 0 saturated heterocycles. The van der Waals surface area contributed by atoms with Gasteiger partial charge in [-0.25, -0.2) is 0 Å². The van der Waals surface area contributed by atoms with E-state index in [4.69, 9.17) is 0 Å². The molecule has 0 N–H and O–H groups in total. The normalized spacial score (nSPS) is 61.4. The average molecular weight is 174 g/mol. The maximum absolute atomic E-state index is 2.52. The van der Waals surface area contributed by atoms with E-state index >= 15 is 0 Å². The second kappa shape index (κ2) is 1.89. The predicted octanol–water partition coefficient (Wildman–Crippen LogP) is 3.24. The van der Waals surface area contributed by atoms with E-state index in [2.05, 4.69) is 13.8 Å². The molecule has 0 bridgehead atoms. The number of rotatable bonds is 0. The minimum absolute atomic E-state index is 0.955. The Kier molecular flexibility index (Phi) is 1.03. The van der Waals surface area contributed by atoms with Crippen LogP contribution in [0.25, 0.3) is 0 Å². The first-order valence-corrected chi connectivity index (χ1v) is 6.02. The molecule has 0 spiro atoms. The van der Waals surface area contributed by atoms with Crippen molar-refractivity contribution in [2.75, 3.05) is 0 Å². The Morgan fingerprint density at radius 2 is 1.92 bits per heavy atom. The first-order valence-electron chi connectivity index (χ1n) is 6.02. The Morgan fingerprint density at radius 1 is 1.08 bits per heavy atom. The molecular formula is C13H18. The van der Waals surface area contributed by atoms with Crippen molar-refractivity contribution in [1.82, 2.24) is 0 Å². The SMILES string of the molecule is CC1CCC2=C1C1C(C)C3CC3C21. The van der Waals surface area contributed by atoms with E-state index in [1.54, 1.807) is 6.42 Å². The summed E-state index contributed by atoms with van der Waals surface area (Å²) in [7, 11) is 0. The molecule has 6 unspecified atom stereocenters.